The lowest BCUT2D eigenvalue weighted by Crippen LogP contribution is -2.22. The van der Waals surface area contributed by atoms with Gasteiger partial charge in [-0.3, -0.25) is 9.59 Å². The average Bonchev–Trinajstić information content (AvgIpc) is 2.80. The topological polar surface area (TPSA) is 134 Å². The van der Waals surface area contributed by atoms with Crippen LogP contribution >= 0.6 is 0 Å². The number of nitrogens with one attached hydrogen (secondary N) is 3. The minimum Gasteiger partial charge on any atom is -0.493 e. The van der Waals surface area contributed by atoms with E-state index >= 15 is 0 Å². The molecule has 184 valence electrons. The van der Waals surface area contributed by atoms with Gasteiger partial charge in [0, 0.05) is 13.5 Å². The standard InChI is InChI=1S/C26H37N5O3/c1-4-6-20(27)23-24(29-3)26(33)31-25(30-23)19-14-18(11-12-21(19)34-5-2)13-16-7-9-17(10-8-16)15-22(28)32/h11-12,14,16-17,27,29H,4-10,13,15H2,1-3H3,(H2,28,32)(H,30,31,33). The number of nitrogens with two attached hydrogens (primary N) is 1. The second kappa shape index (κ2) is 11.8. The monoisotopic (exact) mass is 467 g/mol. The van der Waals surface area contributed by atoms with Gasteiger partial charge in [0.2, 0.25) is 5.91 Å². The van der Waals surface area contributed by atoms with Crippen molar-refractivity contribution >= 4 is 17.3 Å². The molecule has 34 heavy (non-hydrogen) atoms. The van der Waals surface area contributed by atoms with Crippen LogP contribution in [0, 0.1) is 17.2 Å². The molecule has 5 N–H and O–H groups in total. The Morgan fingerprint density at radius 2 is 1.94 bits per heavy atom. The molecular formula is C26H37N5O3. The summed E-state index contributed by atoms with van der Waals surface area (Å²) in [7, 11) is 1.67. The van der Waals surface area contributed by atoms with Crippen molar-refractivity contribution in [2.45, 2.75) is 65.2 Å². The molecule has 3 rings (SSSR count). The Bertz CT molecular complexity index is 1070. The van der Waals surface area contributed by atoms with Crippen molar-refractivity contribution in [3.8, 4) is 17.1 Å². The summed E-state index contributed by atoms with van der Waals surface area (Å²) in [6.45, 7) is 4.41. The minimum atomic E-state index is -0.302. The van der Waals surface area contributed by atoms with Gasteiger partial charge in [0.25, 0.3) is 5.56 Å². The number of nitrogens with zero attached hydrogens (tertiary/aromatic N) is 1. The fourth-order valence-corrected chi connectivity index (χ4v) is 4.85. The summed E-state index contributed by atoms with van der Waals surface area (Å²) in [5.41, 5.74) is 7.97. The summed E-state index contributed by atoms with van der Waals surface area (Å²) in [4.78, 5) is 31.6. The first-order valence-electron chi connectivity index (χ1n) is 12.3. The smallest absolute Gasteiger partial charge is 0.275 e. The summed E-state index contributed by atoms with van der Waals surface area (Å²) in [6, 6.07) is 6.06. The molecule has 0 atom stereocenters. The maximum absolute atomic E-state index is 12.8. The van der Waals surface area contributed by atoms with Gasteiger partial charge in [0.1, 0.15) is 23.0 Å². The zero-order chi connectivity index (χ0) is 24.7. The highest BCUT2D eigenvalue weighted by atomic mass is 16.5. The summed E-state index contributed by atoms with van der Waals surface area (Å²) in [5, 5.41) is 11.3. The van der Waals surface area contributed by atoms with Crippen molar-refractivity contribution in [1.29, 1.82) is 5.41 Å². The molecule has 8 nitrogen and oxygen atoms in total. The quantitative estimate of drug-likeness (QED) is 0.366. The molecule has 1 amide bonds. The van der Waals surface area contributed by atoms with Crippen LogP contribution in [-0.2, 0) is 11.2 Å². The average molecular weight is 468 g/mol. The molecular weight excluding hydrogens is 430 g/mol. The summed E-state index contributed by atoms with van der Waals surface area (Å²) >= 11 is 0. The predicted molar refractivity (Wildman–Crippen MR) is 136 cm³/mol. The van der Waals surface area contributed by atoms with E-state index < -0.39 is 0 Å². The van der Waals surface area contributed by atoms with Crippen LogP contribution in [0.2, 0.25) is 0 Å². The van der Waals surface area contributed by atoms with E-state index in [-0.39, 0.29) is 11.5 Å². The number of aromatic nitrogens is 2. The highest BCUT2D eigenvalue weighted by molar-refractivity contribution is 6.01. The Morgan fingerprint density at radius 1 is 1.24 bits per heavy atom. The predicted octanol–water partition coefficient (Wildman–Crippen LogP) is 4.27. The van der Waals surface area contributed by atoms with Crippen molar-refractivity contribution in [2.75, 3.05) is 19.0 Å². The number of carbonyl (C=O) groups excluding carboxylic acids is 1. The molecule has 1 aromatic heterocycles. The summed E-state index contributed by atoms with van der Waals surface area (Å²) in [6.07, 6.45) is 6.95. The van der Waals surface area contributed by atoms with Crippen LogP contribution in [-0.4, -0.2) is 35.2 Å². The fourth-order valence-electron chi connectivity index (χ4n) is 4.85. The van der Waals surface area contributed by atoms with E-state index in [0.29, 0.717) is 60.0 Å². The van der Waals surface area contributed by atoms with Gasteiger partial charge in [-0.05, 0) is 75.0 Å². The molecule has 1 aliphatic rings. The van der Waals surface area contributed by atoms with Crippen LogP contribution in [0.25, 0.3) is 11.4 Å². The van der Waals surface area contributed by atoms with Gasteiger partial charge in [0.05, 0.1) is 17.9 Å². The Balaban J connectivity index is 1.91. The number of anilines is 1. The van der Waals surface area contributed by atoms with Crippen LogP contribution < -0.4 is 21.3 Å². The van der Waals surface area contributed by atoms with Crippen LogP contribution in [0.1, 0.15) is 70.1 Å². The SMILES string of the molecule is CCCC(=N)c1nc(-c2cc(CC3CCC(CC(N)=O)CC3)ccc2OCC)[nH]c(=O)c1NC. The number of benzene rings is 1. The van der Waals surface area contributed by atoms with Crippen molar-refractivity contribution in [2.24, 2.45) is 17.6 Å². The normalized spacial score (nSPS) is 17.9. The zero-order valence-corrected chi connectivity index (χ0v) is 20.5. The molecule has 0 saturated heterocycles. The summed E-state index contributed by atoms with van der Waals surface area (Å²) in [5.74, 6) is 1.81. The molecule has 0 unspecified atom stereocenters. The zero-order valence-electron chi connectivity index (χ0n) is 20.5. The number of primary amides is 1. The molecule has 8 heteroatoms. The Kier molecular flexibility index (Phi) is 8.85. The molecule has 1 heterocycles. The highest BCUT2D eigenvalue weighted by Crippen LogP contribution is 2.35. The number of carbonyl (C=O) groups is 1. The lowest BCUT2D eigenvalue weighted by Gasteiger charge is -2.28. The van der Waals surface area contributed by atoms with E-state index in [4.69, 9.17) is 20.9 Å². The molecule has 1 aromatic carbocycles. The second-order valence-electron chi connectivity index (χ2n) is 9.14. The molecule has 2 aromatic rings. The lowest BCUT2D eigenvalue weighted by atomic mass is 9.78. The van der Waals surface area contributed by atoms with Crippen LogP contribution in [0.15, 0.2) is 23.0 Å². The van der Waals surface area contributed by atoms with E-state index in [2.05, 4.69) is 16.4 Å². The minimum absolute atomic E-state index is 0.211. The molecule has 1 saturated carbocycles. The van der Waals surface area contributed by atoms with Crippen molar-refractivity contribution in [1.82, 2.24) is 9.97 Å². The van der Waals surface area contributed by atoms with Crippen LogP contribution in [0.5, 0.6) is 5.75 Å². The van der Waals surface area contributed by atoms with Crippen LogP contribution in [0.4, 0.5) is 5.69 Å². The third-order valence-electron chi connectivity index (χ3n) is 6.53. The third kappa shape index (κ3) is 6.24. The van der Waals surface area contributed by atoms with Gasteiger partial charge >= 0.3 is 0 Å². The lowest BCUT2D eigenvalue weighted by molar-refractivity contribution is -0.119. The van der Waals surface area contributed by atoms with Gasteiger partial charge in [0.15, 0.2) is 0 Å². The van der Waals surface area contributed by atoms with E-state index in [1.165, 1.54) is 0 Å². The summed E-state index contributed by atoms with van der Waals surface area (Å²) < 4.78 is 5.86. The number of amides is 1. The van der Waals surface area contributed by atoms with Gasteiger partial charge in [-0.2, -0.15) is 0 Å². The number of H-pyrrole nitrogens is 1. The van der Waals surface area contributed by atoms with Crippen LogP contribution in [0.3, 0.4) is 0 Å². The second-order valence-corrected chi connectivity index (χ2v) is 9.14. The largest absolute Gasteiger partial charge is 0.493 e. The number of aromatic amines is 1. The van der Waals surface area contributed by atoms with Crippen molar-refractivity contribution in [3.05, 3.63) is 39.8 Å². The number of rotatable bonds is 11. The fraction of sp³-hybridized carbons (Fsp3) is 0.538. The number of ether oxygens (including phenoxy) is 1. The maximum Gasteiger partial charge on any atom is 0.275 e. The highest BCUT2D eigenvalue weighted by Gasteiger charge is 2.23. The first-order valence-corrected chi connectivity index (χ1v) is 12.3. The maximum atomic E-state index is 12.8. The van der Waals surface area contributed by atoms with Crippen molar-refractivity contribution in [3.63, 3.8) is 0 Å². The Labute approximate surface area is 201 Å². The molecule has 0 spiro atoms. The first kappa shape index (κ1) is 25.5. The van der Waals surface area contributed by atoms with Gasteiger partial charge in [-0.15, -0.1) is 0 Å². The van der Waals surface area contributed by atoms with E-state index in [1.807, 2.05) is 26.0 Å². The van der Waals surface area contributed by atoms with Gasteiger partial charge < -0.3 is 26.2 Å². The van der Waals surface area contributed by atoms with Gasteiger partial charge in [-0.1, -0.05) is 19.4 Å². The first-order chi connectivity index (χ1) is 16.4. The molecule has 0 aliphatic heterocycles. The van der Waals surface area contributed by atoms with E-state index in [9.17, 15) is 9.59 Å². The Hall–Kier alpha value is -3.16. The number of hydrogen-bond donors (Lipinski definition) is 4. The third-order valence-corrected chi connectivity index (χ3v) is 6.53. The molecule has 0 radical (unpaired) electrons. The molecule has 0 bridgehead atoms. The van der Waals surface area contributed by atoms with E-state index in [0.717, 1.165) is 49.7 Å². The molecule has 1 aliphatic carbocycles. The van der Waals surface area contributed by atoms with Crippen molar-refractivity contribution < 1.29 is 9.53 Å². The number of hydrogen-bond acceptors (Lipinski definition) is 6. The Morgan fingerprint density at radius 3 is 2.56 bits per heavy atom. The van der Waals surface area contributed by atoms with Gasteiger partial charge in [-0.25, -0.2) is 4.98 Å². The van der Waals surface area contributed by atoms with E-state index in [1.54, 1.807) is 7.05 Å². The molecule has 1 fully saturated rings.